The molecular weight excluding hydrogens is 104 g/mol. The van der Waals surface area contributed by atoms with Gasteiger partial charge in [-0.3, -0.25) is 0 Å². The van der Waals surface area contributed by atoms with Crippen molar-refractivity contribution in [2.45, 2.75) is 20.1 Å². The number of ether oxygens (including phenoxy) is 1. The van der Waals surface area contributed by atoms with Gasteiger partial charge in [-0.2, -0.15) is 0 Å². The molecule has 0 bridgehead atoms. The third kappa shape index (κ3) is 3.61. The maximum Gasteiger partial charge on any atom is 0.147 e. The van der Waals surface area contributed by atoms with Crippen molar-refractivity contribution in [3.63, 3.8) is 0 Å². The van der Waals surface area contributed by atoms with Crippen LogP contribution in [0.15, 0.2) is 4.99 Å². The van der Waals surface area contributed by atoms with Gasteiger partial charge in [0.05, 0.1) is 5.84 Å². The number of rotatable bonds is 2. The van der Waals surface area contributed by atoms with E-state index in [0.717, 1.165) is 0 Å². The first kappa shape index (κ1) is 7.43. The third-order valence-corrected chi connectivity index (χ3v) is 0.727. The molecule has 1 unspecified atom stereocenters. The molecule has 3 heteroatoms. The predicted octanol–water partition coefficient (Wildman–Crippen LogP) is 0.356. The van der Waals surface area contributed by atoms with Gasteiger partial charge in [-0.05, 0) is 13.8 Å². The first-order valence-electron chi connectivity index (χ1n) is 2.49. The Kier molecular flexibility index (Phi) is 3.19. The molecule has 0 aromatic rings. The van der Waals surface area contributed by atoms with E-state index in [-0.39, 0.29) is 6.23 Å². The van der Waals surface area contributed by atoms with Crippen molar-refractivity contribution in [1.82, 2.24) is 0 Å². The number of methoxy groups -OCH3 is 1. The fraction of sp³-hybridized carbons (Fsp3) is 0.800. The van der Waals surface area contributed by atoms with Crippen LogP contribution in [0.5, 0.6) is 0 Å². The van der Waals surface area contributed by atoms with Crippen molar-refractivity contribution in [2.75, 3.05) is 7.11 Å². The second-order valence-corrected chi connectivity index (χ2v) is 1.61. The molecule has 0 aliphatic carbocycles. The Morgan fingerprint density at radius 3 is 2.38 bits per heavy atom. The Morgan fingerprint density at radius 1 is 1.75 bits per heavy atom. The molecule has 0 aromatic heterocycles. The molecule has 8 heavy (non-hydrogen) atoms. The van der Waals surface area contributed by atoms with Gasteiger partial charge in [-0.1, -0.05) is 0 Å². The van der Waals surface area contributed by atoms with E-state index in [4.69, 9.17) is 10.5 Å². The van der Waals surface area contributed by atoms with Crippen LogP contribution in [0.1, 0.15) is 13.8 Å². The Bertz CT molecular complexity index is 86.4. The van der Waals surface area contributed by atoms with Crippen LogP contribution in [0.3, 0.4) is 0 Å². The van der Waals surface area contributed by atoms with Crippen molar-refractivity contribution in [2.24, 2.45) is 10.7 Å². The zero-order valence-electron chi connectivity index (χ0n) is 5.51. The summed E-state index contributed by atoms with van der Waals surface area (Å²) in [5, 5.41) is 0. The van der Waals surface area contributed by atoms with E-state index >= 15 is 0 Å². The van der Waals surface area contributed by atoms with Gasteiger partial charge in [0, 0.05) is 7.11 Å². The van der Waals surface area contributed by atoms with Gasteiger partial charge < -0.3 is 10.5 Å². The highest BCUT2D eigenvalue weighted by atomic mass is 16.5. The molecule has 2 N–H and O–H groups in total. The molecule has 0 rings (SSSR count). The highest BCUT2D eigenvalue weighted by molar-refractivity contribution is 5.77. The quantitative estimate of drug-likeness (QED) is 0.418. The first-order chi connectivity index (χ1) is 3.66. The maximum absolute atomic E-state index is 5.24. The summed E-state index contributed by atoms with van der Waals surface area (Å²) in [5.41, 5.74) is 5.24. The van der Waals surface area contributed by atoms with Gasteiger partial charge in [0.1, 0.15) is 6.23 Å². The summed E-state index contributed by atoms with van der Waals surface area (Å²) >= 11 is 0. The predicted molar refractivity (Wildman–Crippen MR) is 33.8 cm³/mol. The minimum Gasteiger partial charge on any atom is -0.388 e. The summed E-state index contributed by atoms with van der Waals surface area (Å²) in [4.78, 5) is 3.87. The lowest BCUT2D eigenvalue weighted by Gasteiger charge is -2.01. The Hall–Kier alpha value is -0.570. The molecule has 0 aromatic carbocycles. The van der Waals surface area contributed by atoms with E-state index < -0.39 is 0 Å². The summed E-state index contributed by atoms with van der Waals surface area (Å²) in [7, 11) is 1.59. The van der Waals surface area contributed by atoms with E-state index in [0.29, 0.717) is 5.84 Å². The topological polar surface area (TPSA) is 47.6 Å². The fourth-order valence-electron chi connectivity index (χ4n) is 0.339. The van der Waals surface area contributed by atoms with Gasteiger partial charge in [0.15, 0.2) is 0 Å². The van der Waals surface area contributed by atoms with Crippen molar-refractivity contribution in [3.05, 3.63) is 0 Å². The molecule has 0 radical (unpaired) electrons. The lowest BCUT2D eigenvalue weighted by Crippen LogP contribution is -2.11. The number of hydrogen-bond donors (Lipinski definition) is 1. The van der Waals surface area contributed by atoms with Crippen LogP contribution in [-0.4, -0.2) is 19.2 Å². The molecule has 48 valence electrons. The lowest BCUT2D eigenvalue weighted by atomic mass is 10.6. The molecule has 0 saturated heterocycles. The zero-order chi connectivity index (χ0) is 6.57. The molecule has 0 saturated carbocycles. The highest BCUT2D eigenvalue weighted by Gasteiger charge is 1.90. The van der Waals surface area contributed by atoms with Crippen molar-refractivity contribution in [1.29, 1.82) is 0 Å². The van der Waals surface area contributed by atoms with Crippen LogP contribution in [-0.2, 0) is 4.74 Å². The standard InChI is InChI=1S/C5H12N2O/c1-4(6)7-5(2)8-3/h5H,1-3H3,(H2,6,7). The summed E-state index contributed by atoms with van der Waals surface area (Å²) in [6, 6.07) is 0. The van der Waals surface area contributed by atoms with Crippen LogP contribution in [0.25, 0.3) is 0 Å². The van der Waals surface area contributed by atoms with Crippen molar-refractivity contribution < 1.29 is 4.74 Å². The Morgan fingerprint density at radius 2 is 2.25 bits per heavy atom. The van der Waals surface area contributed by atoms with Gasteiger partial charge in [-0.25, -0.2) is 4.99 Å². The summed E-state index contributed by atoms with van der Waals surface area (Å²) in [5.74, 6) is 0.555. The van der Waals surface area contributed by atoms with E-state index in [1.165, 1.54) is 0 Å². The highest BCUT2D eigenvalue weighted by Crippen LogP contribution is 1.86. The van der Waals surface area contributed by atoms with E-state index in [2.05, 4.69) is 4.99 Å². The zero-order valence-corrected chi connectivity index (χ0v) is 5.51. The summed E-state index contributed by atoms with van der Waals surface area (Å²) in [6.45, 7) is 3.56. The number of amidine groups is 1. The van der Waals surface area contributed by atoms with Crippen LogP contribution < -0.4 is 5.73 Å². The van der Waals surface area contributed by atoms with E-state index in [1.807, 2.05) is 6.92 Å². The van der Waals surface area contributed by atoms with Gasteiger partial charge in [0.2, 0.25) is 0 Å². The van der Waals surface area contributed by atoms with Gasteiger partial charge in [0.25, 0.3) is 0 Å². The van der Waals surface area contributed by atoms with Gasteiger partial charge >= 0.3 is 0 Å². The minimum absolute atomic E-state index is 0.111. The molecular formula is C5H12N2O. The molecule has 0 amide bonds. The first-order valence-corrected chi connectivity index (χ1v) is 2.49. The molecule has 1 atom stereocenters. The second kappa shape index (κ2) is 3.43. The van der Waals surface area contributed by atoms with Gasteiger partial charge in [-0.15, -0.1) is 0 Å². The maximum atomic E-state index is 5.24. The number of nitrogens with two attached hydrogens (primary N) is 1. The molecule has 0 fully saturated rings. The van der Waals surface area contributed by atoms with Crippen molar-refractivity contribution >= 4 is 5.84 Å². The normalized spacial score (nSPS) is 16.1. The van der Waals surface area contributed by atoms with E-state index in [9.17, 15) is 0 Å². The SMILES string of the molecule is COC(C)N=C(C)N. The largest absolute Gasteiger partial charge is 0.388 e. The summed E-state index contributed by atoms with van der Waals surface area (Å²) in [6.07, 6.45) is -0.111. The Balaban J connectivity index is 3.51. The van der Waals surface area contributed by atoms with Crippen LogP contribution >= 0.6 is 0 Å². The summed E-state index contributed by atoms with van der Waals surface area (Å²) < 4.78 is 4.79. The number of nitrogens with zero attached hydrogens (tertiary/aromatic N) is 1. The molecule has 0 spiro atoms. The van der Waals surface area contributed by atoms with Crippen LogP contribution in [0, 0.1) is 0 Å². The number of aliphatic imine (C=N–C) groups is 1. The van der Waals surface area contributed by atoms with Crippen LogP contribution in [0.2, 0.25) is 0 Å². The molecule has 0 aliphatic rings. The molecule has 3 nitrogen and oxygen atoms in total. The molecule has 0 aliphatic heterocycles. The monoisotopic (exact) mass is 116 g/mol. The number of hydrogen-bond acceptors (Lipinski definition) is 2. The third-order valence-electron chi connectivity index (χ3n) is 0.727. The lowest BCUT2D eigenvalue weighted by molar-refractivity contribution is 0.126. The molecule has 0 heterocycles. The Labute approximate surface area is 49.5 Å². The van der Waals surface area contributed by atoms with Crippen molar-refractivity contribution in [3.8, 4) is 0 Å². The average Bonchev–Trinajstić information content (AvgIpc) is 1.65. The minimum atomic E-state index is -0.111. The fourth-order valence-corrected chi connectivity index (χ4v) is 0.339. The average molecular weight is 116 g/mol. The van der Waals surface area contributed by atoms with E-state index in [1.54, 1.807) is 14.0 Å². The second-order valence-electron chi connectivity index (χ2n) is 1.61. The van der Waals surface area contributed by atoms with Crippen LogP contribution in [0.4, 0.5) is 0 Å². The smallest absolute Gasteiger partial charge is 0.147 e.